The number of rotatable bonds is 1. The van der Waals surface area contributed by atoms with Crippen LogP contribution < -0.4 is 10.5 Å². The normalized spacial score (nSPS) is 19.5. The first kappa shape index (κ1) is 8.80. The highest BCUT2D eigenvalue weighted by atomic mass is 16.5. The Hall–Kier alpha value is -1.48. The number of methoxy groups -OCH3 is 1. The second-order valence-electron chi connectivity index (χ2n) is 4.04. The number of benzene rings is 1. The van der Waals surface area contributed by atoms with Gasteiger partial charge in [-0.25, -0.2) is 0 Å². The van der Waals surface area contributed by atoms with Gasteiger partial charge < -0.3 is 15.0 Å². The molecule has 1 unspecified atom stereocenters. The second kappa shape index (κ2) is 3.00. The van der Waals surface area contributed by atoms with E-state index in [9.17, 15) is 0 Å². The molecule has 1 atom stereocenters. The average Bonchev–Trinajstić information content (AvgIpc) is 2.77. The van der Waals surface area contributed by atoms with Crippen molar-refractivity contribution in [3.63, 3.8) is 0 Å². The minimum Gasteiger partial charge on any atom is -0.497 e. The summed E-state index contributed by atoms with van der Waals surface area (Å²) in [6.07, 6.45) is 2.28. The third-order valence-corrected chi connectivity index (χ3v) is 3.15. The number of aromatic nitrogens is 1. The molecule has 2 N–H and O–H groups in total. The molecule has 2 aromatic rings. The van der Waals surface area contributed by atoms with E-state index in [2.05, 4.69) is 22.8 Å². The minimum atomic E-state index is 0.144. The van der Waals surface area contributed by atoms with E-state index in [1.54, 1.807) is 7.11 Å². The number of nitrogens with two attached hydrogens (primary N) is 1. The van der Waals surface area contributed by atoms with Crippen molar-refractivity contribution in [3.8, 4) is 5.75 Å². The van der Waals surface area contributed by atoms with Gasteiger partial charge in [-0.05, 0) is 37.1 Å². The lowest BCUT2D eigenvalue weighted by Crippen LogP contribution is -2.13. The zero-order valence-corrected chi connectivity index (χ0v) is 8.73. The molecule has 1 aromatic heterocycles. The largest absolute Gasteiger partial charge is 0.497 e. The molecule has 0 spiro atoms. The molecule has 15 heavy (non-hydrogen) atoms. The maximum Gasteiger partial charge on any atom is 0.119 e. The summed E-state index contributed by atoms with van der Waals surface area (Å²) in [4.78, 5) is 0. The van der Waals surface area contributed by atoms with Crippen molar-refractivity contribution < 1.29 is 4.74 Å². The van der Waals surface area contributed by atoms with Crippen molar-refractivity contribution >= 4 is 10.9 Å². The van der Waals surface area contributed by atoms with Crippen molar-refractivity contribution in [1.82, 2.24) is 4.57 Å². The Kier molecular flexibility index (Phi) is 1.76. The molecule has 1 aliphatic heterocycles. The maximum atomic E-state index is 6.06. The molecule has 3 heteroatoms. The lowest BCUT2D eigenvalue weighted by atomic mass is 10.2. The van der Waals surface area contributed by atoms with Crippen molar-refractivity contribution in [2.24, 2.45) is 5.73 Å². The summed E-state index contributed by atoms with van der Waals surface area (Å²) >= 11 is 0. The molecule has 0 radical (unpaired) electrons. The fraction of sp³-hybridized carbons (Fsp3) is 0.333. The van der Waals surface area contributed by atoms with E-state index >= 15 is 0 Å². The molecule has 3 rings (SSSR count). The van der Waals surface area contributed by atoms with Crippen molar-refractivity contribution in [2.45, 2.75) is 19.0 Å². The van der Waals surface area contributed by atoms with Gasteiger partial charge in [-0.3, -0.25) is 0 Å². The van der Waals surface area contributed by atoms with E-state index in [1.165, 1.54) is 16.6 Å². The van der Waals surface area contributed by atoms with Gasteiger partial charge in [0.25, 0.3) is 0 Å². The molecule has 1 aromatic carbocycles. The van der Waals surface area contributed by atoms with E-state index < -0.39 is 0 Å². The molecule has 78 valence electrons. The molecule has 0 amide bonds. The highest BCUT2D eigenvalue weighted by molar-refractivity contribution is 5.83. The summed E-state index contributed by atoms with van der Waals surface area (Å²) in [5.74, 6) is 0.903. The van der Waals surface area contributed by atoms with Crippen molar-refractivity contribution in [1.29, 1.82) is 0 Å². The summed E-state index contributed by atoms with van der Waals surface area (Å²) in [5, 5.41) is 1.22. The van der Waals surface area contributed by atoms with E-state index in [0.717, 1.165) is 18.6 Å². The topological polar surface area (TPSA) is 40.2 Å². The maximum absolute atomic E-state index is 6.06. The van der Waals surface area contributed by atoms with E-state index in [4.69, 9.17) is 10.5 Å². The molecular weight excluding hydrogens is 188 g/mol. The van der Waals surface area contributed by atoms with Crippen LogP contribution in [0, 0.1) is 0 Å². The van der Waals surface area contributed by atoms with Gasteiger partial charge in [-0.1, -0.05) is 0 Å². The van der Waals surface area contributed by atoms with Crippen LogP contribution in [0.2, 0.25) is 0 Å². The number of fused-ring (bicyclic) bond motifs is 3. The van der Waals surface area contributed by atoms with E-state index in [0.29, 0.717) is 0 Å². The number of ether oxygens (including phenoxy) is 1. The van der Waals surface area contributed by atoms with Crippen LogP contribution in [0.15, 0.2) is 24.3 Å². The number of aryl methyl sites for hydroxylation is 1. The second-order valence-corrected chi connectivity index (χ2v) is 4.04. The fourth-order valence-electron chi connectivity index (χ4n) is 2.41. The van der Waals surface area contributed by atoms with Crippen LogP contribution in [-0.4, -0.2) is 11.7 Å². The first-order valence-electron chi connectivity index (χ1n) is 5.23. The molecular formula is C12H14N2O. The zero-order chi connectivity index (χ0) is 10.4. The Labute approximate surface area is 88.4 Å². The van der Waals surface area contributed by atoms with Gasteiger partial charge >= 0.3 is 0 Å². The Morgan fingerprint density at radius 2 is 2.27 bits per heavy atom. The van der Waals surface area contributed by atoms with Gasteiger partial charge in [0.2, 0.25) is 0 Å². The lowest BCUT2D eigenvalue weighted by Gasteiger charge is -2.09. The Morgan fingerprint density at radius 3 is 3.07 bits per heavy atom. The summed E-state index contributed by atoms with van der Waals surface area (Å²) in [6, 6.07) is 8.35. The predicted octanol–water partition coefficient (Wildman–Crippen LogP) is 2.05. The Bertz CT molecular complexity index is 516. The average molecular weight is 202 g/mol. The first-order valence-corrected chi connectivity index (χ1v) is 5.23. The first-order chi connectivity index (χ1) is 7.29. The van der Waals surface area contributed by atoms with Gasteiger partial charge in [0.1, 0.15) is 5.75 Å². The smallest absolute Gasteiger partial charge is 0.119 e. The molecule has 3 nitrogen and oxygen atoms in total. The highest BCUT2D eigenvalue weighted by Crippen LogP contribution is 2.32. The summed E-state index contributed by atoms with van der Waals surface area (Å²) in [5.41, 5.74) is 8.62. The van der Waals surface area contributed by atoms with Crippen LogP contribution in [0.5, 0.6) is 5.75 Å². The van der Waals surface area contributed by atoms with Crippen LogP contribution in [-0.2, 0) is 6.42 Å². The van der Waals surface area contributed by atoms with Crippen molar-refractivity contribution in [3.05, 3.63) is 30.0 Å². The van der Waals surface area contributed by atoms with Gasteiger partial charge in [-0.2, -0.15) is 0 Å². The molecule has 0 aliphatic carbocycles. The highest BCUT2D eigenvalue weighted by Gasteiger charge is 2.20. The molecule has 0 saturated carbocycles. The van der Waals surface area contributed by atoms with E-state index in [-0.39, 0.29) is 6.17 Å². The lowest BCUT2D eigenvalue weighted by molar-refractivity contribution is 0.415. The van der Waals surface area contributed by atoms with Crippen LogP contribution in [0.3, 0.4) is 0 Å². The Morgan fingerprint density at radius 1 is 1.40 bits per heavy atom. The summed E-state index contributed by atoms with van der Waals surface area (Å²) in [7, 11) is 1.69. The predicted molar refractivity (Wildman–Crippen MR) is 60.0 cm³/mol. The fourth-order valence-corrected chi connectivity index (χ4v) is 2.41. The number of hydrogen-bond donors (Lipinski definition) is 1. The third kappa shape index (κ3) is 1.16. The van der Waals surface area contributed by atoms with E-state index in [1.807, 2.05) is 6.07 Å². The third-order valence-electron chi connectivity index (χ3n) is 3.15. The minimum absolute atomic E-state index is 0.144. The monoisotopic (exact) mass is 202 g/mol. The molecule has 2 heterocycles. The number of hydrogen-bond acceptors (Lipinski definition) is 2. The summed E-state index contributed by atoms with van der Waals surface area (Å²) < 4.78 is 7.44. The quantitative estimate of drug-likeness (QED) is 0.768. The van der Waals surface area contributed by atoms with Crippen LogP contribution in [0.4, 0.5) is 0 Å². The molecule has 0 bridgehead atoms. The zero-order valence-electron chi connectivity index (χ0n) is 8.73. The van der Waals surface area contributed by atoms with Gasteiger partial charge in [0, 0.05) is 16.6 Å². The van der Waals surface area contributed by atoms with Crippen LogP contribution >= 0.6 is 0 Å². The van der Waals surface area contributed by atoms with Crippen LogP contribution in [0.1, 0.15) is 18.3 Å². The molecule has 0 fully saturated rings. The van der Waals surface area contributed by atoms with Gasteiger partial charge in [0.15, 0.2) is 0 Å². The standard InChI is InChI=1S/C12H14N2O/c1-15-10-3-4-11-8(7-10)6-9-2-5-12(13)14(9)11/h3-4,6-7,12H,2,5,13H2,1H3. The van der Waals surface area contributed by atoms with Crippen molar-refractivity contribution in [2.75, 3.05) is 7.11 Å². The molecule has 0 saturated heterocycles. The molecule has 1 aliphatic rings. The van der Waals surface area contributed by atoms with Gasteiger partial charge in [0.05, 0.1) is 13.3 Å². The summed E-state index contributed by atoms with van der Waals surface area (Å²) in [6.45, 7) is 0. The van der Waals surface area contributed by atoms with Crippen LogP contribution in [0.25, 0.3) is 10.9 Å². The Balaban J connectivity index is 2.26. The SMILES string of the molecule is COc1ccc2c(c1)cc1n2C(N)CC1. The number of nitrogens with zero attached hydrogens (tertiary/aromatic N) is 1. The van der Waals surface area contributed by atoms with Gasteiger partial charge in [-0.15, -0.1) is 0 Å².